The Labute approximate surface area is 325 Å². The van der Waals surface area contributed by atoms with Crippen molar-refractivity contribution >= 4 is 51.7 Å². The molecule has 0 bridgehead atoms. The van der Waals surface area contributed by atoms with E-state index in [0.717, 1.165) is 33.2 Å². The van der Waals surface area contributed by atoms with Gasteiger partial charge in [-0.1, -0.05) is 48.6 Å². The third kappa shape index (κ3) is 7.61. The first-order valence-electron chi connectivity index (χ1n) is 18.4. The maximum absolute atomic E-state index is 13.9. The normalized spacial score (nSPS) is 11.6. The lowest BCUT2D eigenvalue weighted by atomic mass is 9.89. The van der Waals surface area contributed by atoms with E-state index in [2.05, 4.69) is 0 Å². The van der Waals surface area contributed by atoms with Gasteiger partial charge in [-0.2, -0.15) is 0 Å². The smallest absolute Gasteiger partial charge is 0.338 e. The van der Waals surface area contributed by atoms with Crippen molar-refractivity contribution in [1.29, 1.82) is 5.41 Å². The summed E-state index contributed by atoms with van der Waals surface area (Å²) in [6.45, 7) is 0.112. The number of carboxylic acids is 1. The first kappa shape index (κ1) is 36.5. The van der Waals surface area contributed by atoms with Crippen LogP contribution in [0.1, 0.15) is 47.2 Å². The Hall–Kier alpha value is -7.46. The van der Waals surface area contributed by atoms with Gasteiger partial charge in [-0.05, 0) is 96.1 Å². The Morgan fingerprint density at radius 3 is 2.16 bits per heavy atom. The topological polar surface area (TPSA) is 177 Å². The number of rotatable bonds is 11. The van der Waals surface area contributed by atoms with Crippen LogP contribution in [-0.4, -0.2) is 28.8 Å². The number of esters is 1. The van der Waals surface area contributed by atoms with Crippen LogP contribution < -0.4 is 16.5 Å². The molecule has 57 heavy (non-hydrogen) atoms. The fourth-order valence-electron chi connectivity index (χ4n) is 7.17. The van der Waals surface area contributed by atoms with Crippen LogP contribution in [-0.2, 0) is 9.53 Å². The predicted octanol–water partition coefficient (Wildman–Crippen LogP) is 9.82. The summed E-state index contributed by atoms with van der Waals surface area (Å²) in [4.78, 5) is 37.2. The number of anilines is 1. The molecule has 4 aliphatic rings. The number of unbranched alkanes of at least 4 members (excludes halogenated alkanes) is 2. The molecule has 4 aromatic rings. The summed E-state index contributed by atoms with van der Waals surface area (Å²) in [6.07, 6.45) is 5.49. The number of nitrogens with two attached hydrogens (primary N) is 1. The number of ether oxygens (including phenoxy) is 1. The van der Waals surface area contributed by atoms with Crippen molar-refractivity contribution in [1.82, 2.24) is 0 Å². The fourth-order valence-corrected chi connectivity index (χ4v) is 7.17. The van der Waals surface area contributed by atoms with Crippen LogP contribution in [0.3, 0.4) is 0 Å². The number of carbonyl (C=O) groups excluding carboxylic acids is 1. The summed E-state index contributed by atoms with van der Waals surface area (Å²) in [5.41, 5.74) is 13.9. The number of aliphatic carboxylic acids is 1. The van der Waals surface area contributed by atoms with E-state index in [1.807, 2.05) is 66.7 Å². The van der Waals surface area contributed by atoms with E-state index < -0.39 is 11.9 Å². The third-order valence-electron chi connectivity index (χ3n) is 9.89. The lowest BCUT2D eigenvalue weighted by molar-refractivity contribution is -0.137. The molecular formula is C47H36N2O8. The molecule has 0 spiro atoms. The molecule has 10 nitrogen and oxygen atoms in total. The van der Waals surface area contributed by atoms with Gasteiger partial charge in [-0.3, -0.25) is 9.59 Å². The summed E-state index contributed by atoms with van der Waals surface area (Å²) in [5.74, 6) is -0.544. The number of aromatic hydroxyl groups is 1. The second-order valence-electron chi connectivity index (χ2n) is 13.9. The molecule has 2 heterocycles. The van der Waals surface area contributed by atoms with Gasteiger partial charge in [-0.25, -0.2) is 4.79 Å². The molecule has 10 heteroatoms. The van der Waals surface area contributed by atoms with Gasteiger partial charge in [0.05, 0.1) is 17.5 Å². The van der Waals surface area contributed by atoms with Gasteiger partial charge in [0, 0.05) is 69.4 Å². The molecule has 0 aromatic heterocycles. The van der Waals surface area contributed by atoms with Crippen molar-refractivity contribution in [3.8, 4) is 50.7 Å². The van der Waals surface area contributed by atoms with E-state index in [4.69, 9.17) is 29.8 Å². The summed E-state index contributed by atoms with van der Waals surface area (Å²) < 4.78 is 18.0. The minimum atomic E-state index is -0.867. The molecular weight excluding hydrogens is 721 g/mol. The van der Waals surface area contributed by atoms with Crippen molar-refractivity contribution in [2.75, 3.05) is 12.3 Å². The van der Waals surface area contributed by atoms with Gasteiger partial charge >= 0.3 is 11.9 Å². The van der Waals surface area contributed by atoms with Crippen molar-refractivity contribution in [3.05, 3.63) is 148 Å². The molecule has 0 atom stereocenters. The van der Waals surface area contributed by atoms with Crippen LogP contribution in [0, 0.1) is 5.41 Å². The molecule has 0 fully saturated rings. The highest BCUT2D eigenvalue weighted by Crippen LogP contribution is 2.43. The van der Waals surface area contributed by atoms with Gasteiger partial charge < -0.3 is 34.9 Å². The number of carboxylic acid groups (broad SMARTS) is 1. The van der Waals surface area contributed by atoms with Crippen molar-refractivity contribution < 1.29 is 33.4 Å². The molecule has 8 rings (SSSR count). The molecule has 0 radical (unpaired) electrons. The number of phenolic OH excluding ortho intramolecular Hbond substituents is 1. The first-order chi connectivity index (χ1) is 27.6. The lowest BCUT2D eigenvalue weighted by Crippen LogP contribution is -2.09. The average Bonchev–Trinajstić information content (AvgIpc) is 3.19. The zero-order valence-electron chi connectivity index (χ0n) is 30.6. The summed E-state index contributed by atoms with van der Waals surface area (Å²) >= 11 is 0. The van der Waals surface area contributed by atoms with E-state index >= 15 is 0 Å². The van der Waals surface area contributed by atoms with Gasteiger partial charge in [0.2, 0.25) is 0 Å². The molecule has 282 valence electrons. The first-order valence-corrected chi connectivity index (χ1v) is 18.4. The zero-order valence-corrected chi connectivity index (χ0v) is 30.6. The third-order valence-corrected chi connectivity index (χ3v) is 9.89. The minimum absolute atomic E-state index is 0.0141. The molecule has 5 N–H and O–H groups in total. The van der Waals surface area contributed by atoms with E-state index in [-0.39, 0.29) is 29.8 Å². The Balaban J connectivity index is 1.16. The fraction of sp³-hybridized carbons (Fsp3) is 0.106. The number of phenols is 1. The molecule has 0 amide bonds. The van der Waals surface area contributed by atoms with Crippen LogP contribution in [0.25, 0.3) is 79.0 Å². The molecule has 0 saturated heterocycles. The molecule has 0 saturated carbocycles. The Bertz CT molecular complexity index is 2920. The SMILES string of the molecule is N=c1ccc2c(-c3ccc(/C=C/c4ccc(-c5c6ccc(=O)cc-6oc6cc(O)ccc56)c(C(=O)OCCCCCC(=O)O)c4)cc3)c3ccc(N)cc3oc-2c1. The standard InChI is InChI=1S/C47H36N2O8/c48-30-12-17-35-40(23-30)56-41-24-31(49)13-18-36(41)45(35)29-10-7-27(8-11-29)5-6-28-9-16-34(39(22-28)47(54)55-21-3-1-2-4-44(52)53)46-37-19-14-32(50)25-42(37)57-43-26-33(51)15-20-38(43)46/h5-20,22-26,48,50H,1-4,21,49H2,(H,52,53)/b6-5+,48-30?. The number of nitrogen functional groups attached to an aromatic ring is 1. The monoisotopic (exact) mass is 756 g/mol. The quantitative estimate of drug-likeness (QED) is 0.0329. The maximum atomic E-state index is 13.9. The Kier molecular flexibility index (Phi) is 9.83. The van der Waals surface area contributed by atoms with Crippen molar-refractivity contribution in [2.45, 2.75) is 25.7 Å². The van der Waals surface area contributed by atoms with Crippen molar-refractivity contribution in [2.24, 2.45) is 0 Å². The average molecular weight is 757 g/mol. The highest BCUT2D eigenvalue weighted by Gasteiger charge is 2.23. The van der Waals surface area contributed by atoms with Crippen LogP contribution in [0.5, 0.6) is 5.75 Å². The molecule has 2 aliphatic heterocycles. The van der Waals surface area contributed by atoms with Gasteiger partial charge in [0.15, 0.2) is 5.43 Å². The molecule has 0 unspecified atom stereocenters. The number of carbonyl (C=O) groups is 2. The summed E-state index contributed by atoms with van der Waals surface area (Å²) in [5, 5.41) is 29.2. The highest BCUT2D eigenvalue weighted by molar-refractivity contribution is 6.08. The van der Waals surface area contributed by atoms with E-state index in [1.165, 1.54) is 24.3 Å². The van der Waals surface area contributed by atoms with Crippen molar-refractivity contribution in [3.63, 3.8) is 0 Å². The number of benzene rings is 6. The second-order valence-corrected chi connectivity index (χ2v) is 13.9. The van der Waals surface area contributed by atoms with Crippen LogP contribution in [0.15, 0.2) is 129 Å². The minimum Gasteiger partial charge on any atom is -0.508 e. The number of nitrogens with one attached hydrogen (secondary N) is 1. The highest BCUT2D eigenvalue weighted by atomic mass is 16.5. The van der Waals surface area contributed by atoms with Crippen LogP contribution in [0.2, 0.25) is 0 Å². The van der Waals surface area contributed by atoms with E-state index in [0.29, 0.717) is 75.1 Å². The Morgan fingerprint density at radius 2 is 1.35 bits per heavy atom. The van der Waals surface area contributed by atoms with Crippen LogP contribution >= 0.6 is 0 Å². The number of fused-ring (bicyclic) bond motifs is 4. The largest absolute Gasteiger partial charge is 0.508 e. The number of hydrogen-bond acceptors (Lipinski definition) is 9. The van der Waals surface area contributed by atoms with E-state index in [9.17, 15) is 19.5 Å². The van der Waals surface area contributed by atoms with Crippen LogP contribution in [0.4, 0.5) is 5.69 Å². The maximum Gasteiger partial charge on any atom is 0.338 e. The predicted molar refractivity (Wildman–Crippen MR) is 220 cm³/mol. The Morgan fingerprint density at radius 1 is 0.684 bits per heavy atom. The van der Waals surface area contributed by atoms with Gasteiger partial charge in [0.25, 0.3) is 0 Å². The zero-order chi connectivity index (χ0) is 39.6. The van der Waals surface area contributed by atoms with Gasteiger partial charge in [-0.15, -0.1) is 0 Å². The van der Waals surface area contributed by atoms with E-state index in [1.54, 1.807) is 36.4 Å². The summed E-state index contributed by atoms with van der Waals surface area (Å²) in [7, 11) is 0. The number of hydrogen-bond donors (Lipinski definition) is 4. The van der Waals surface area contributed by atoms with Gasteiger partial charge in [0.1, 0.15) is 28.4 Å². The molecule has 4 aromatic carbocycles. The summed E-state index contributed by atoms with van der Waals surface area (Å²) in [6, 6.07) is 33.6. The second kappa shape index (κ2) is 15.3. The lowest BCUT2D eigenvalue weighted by Gasteiger charge is -2.18. The molecule has 2 aliphatic carbocycles.